The predicted molar refractivity (Wildman–Crippen MR) is 118 cm³/mol. The molecule has 31 heavy (non-hydrogen) atoms. The molecule has 6 nitrogen and oxygen atoms in total. The first kappa shape index (κ1) is 21.0. The SMILES string of the molecule is COc1ccc(Cl)cc1/C(O)=C1/C(=O)C(=O)N(c2cccc(Cl)c2)C1c1ccc(C)o1. The van der Waals surface area contributed by atoms with Gasteiger partial charge in [0.1, 0.15) is 29.1 Å². The molecule has 1 saturated heterocycles. The maximum atomic E-state index is 13.1. The topological polar surface area (TPSA) is 80.0 Å². The van der Waals surface area contributed by atoms with Crippen molar-refractivity contribution < 1.29 is 23.8 Å². The number of ketones is 1. The van der Waals surface area contributed by atoms with Crippen LogP contribution in [0.4, 0.5) is 5.69 Å². The fourth-order valence-corrected chi connectivity index (χ4v) is 3.96. The summed E-state index contributed by atoms with van der Waals surface area (Å²) in [6.07, 6.45) is 0. The number of carbonyl (C=O) groups is 2. The quantitative estimate of drug-likeness (QED) is 0.316. The number of benzene rings is 2. The van der Waals surface area contributed by atoms with E-state index in [1.807, 2.05) is 0 Å². The predicted octanol–water partition coefficient (Wildman–Crippen LogP) is 5.53. The summed E-state index contributed by atoms with van der Waals surface area (Å²) in [5, 5.41) is 11.9. The van der Waals surface area contributed by atoms with Gasteiger partial charge in [-0.25, -0.2) is 0 Å². The molecule has 1 aliphatic heterocycles. The van der Waals surface area contributed by atoms with Gasteiger partial charge in [-0.3, -0.25) is 14.5 Å². The Hall–Kier alpha value is -3.22. The van der Waals surface area contributed by atoms with Crippen LogP contribution < -0.4 is 9.64 Å². The highest BCUT2D eigenvalue weighted by molar-refractivity contribution is 6.51. The Morgan fingerprint density at radius 2 is 1.81 bits per heavy atom. The molecule has 2 aromatic carbocycles. The third-order valence-electron chi connectivity index (χ3n) is 4.98. The van der Waals surface area contributed by atoms with E-state index >= 15 is 0 Å². The first-order valence-electron chi connectivity index (χ1n) is 9.28. The molecule has 158 valence electrons. The van der Waals surface area contributed by atoms with Gasteiger partial charge in [-0.15, -0.1) is 0 Å². The van der Waals surface area contributed by atoms with Crippen LogP contribution in [0.3, 0.4) is 0 Å². The molecular weight excluding hydrogens is 441 g/mol. The number of aliphatic hydroxyl groups is 1. The Labute approximate surface area is 188 Å². The molecule has 1 aromatic heterocycles. The molecule has 0 bridgehead atoms. The number of furan rings is 1. The van der Waals surface area contributed by atoms with Gasteiger partial charge < -0.3 is 14.3 Å². The third kappa shape index (κ3) is 3.69. The normalized spacial score (nSPS) is 17.9. The lowest BCUT2D eigenvalue weighted by atomic mass is 9.98. The lowest BCUT2D eigenvalue weighted by Crippen LogP contribution is -2.29. The molecule has 3 aromatic rings. The average molecular weight is 458 g/mol. The van der Waals surface area contributed by atoms with Gasteiger partial charge in [-0.1, -0.05) is 29.3 Å². The summed E-state index contributed by atoms with van der Waals surface area (Å²) in [5.74, 6) is -0.889. The van der Waals surface area contributed by atoms with Gasteiger partial charge in [0.05, 0.1) is 18.2 Å². The monoisotopic (exact) mass is 457 g/mol. The molecule has 0 saturated carbocycles. The summed E-state index contributed by atoms with van der Waals surface area (Å²) >= 11 is 12.2. The van der Waals surface area contributed by atoms with Crippen LogP contribution in [-0.4, -0.2) is 23.9 Å². The third-order valence-corrected chi connectivity index (χ3v) is 5.45. The molecule has 0 aliphatic carbocycles. The number of hydrogen-bond donors (Lipinski definition) is 1. The van der Waals surface area contributed by atoms with Crippen molar-refractivity contribution in [1.82, 2.24) is 0 Å². The fraction of sp³-hybridized carbons (Fsp3) is 0.130. The summed E-state index contributed by atoms with van der Waals surface area (Å²) in [4.78, 5) is 27.4. The minimum atomic E-state index is -1.00. The van der Waals surface area contributed by atoms with Crippen LogP contribution in [0.25, 0.3) is 5.76 Å². The number of anilines is 1. The van der Waals surface area contributed by atoms with E-state index < -0.39 is 23.5 Å². The Morgan fingerprint density at radius 3 is 2.45 bits per heavy atom. The van der Waals surface area contributed by atoms with E-state index in [9.17, 15) is 14.7 Å². The molecule has 1 atom stereocenters. The molecule has 1 unspecified atom stereocenters. The van der Waals surface area contributed by atoms with Crippen LogP contribution >= 0.6 is 23.2 Å². The van der Waals surface area contributed by atoms with Crippen LogP contribution in [0.1, 0.15) is 23.1 Å². The number of nitrogens with zero attached hydrogens (tertiary/aromatic N) is 1. The second-order valence-electron chi connectivity index (χ2n) is 6.94. The first-order valence-corrected chi connectivity index (χ1v) is 10.0. The smallest absolute Gasteiger partial charge is 0.300 e. The van der Waals surface area contributed by atoms with E-state index in [1.165, 1.54) is 18.1 Å². The van der Waals surface area contributed by atoms with Gasteiger partial charge in [-0.05, 0) is 55.5 Å². The summed E-state index contributed by atoms with van der Waals surface area (Å²) in [5.41, 5.74) is 0.443. The van der Waals surface area contributed by atoms with Gasteiger partial charge in [0.15, 0.2) is 0 Å². The van der Waals surface area contributed by atoms with E-state index in [0.717, 1.165) is 0 Å². The number of methoxy groups -OCH3 is 1. The van der Waals surface area contributed by atoms with Crippen molar-refractivity contribution >= 4 is 46.3 Å². The van der Waals surface area contributed by atoms with E-state index in [1.54, 1.807) is 55.5 Å². The zero-order valence-electron chi connectivity index (χ0n) is 16.6. The van der Waals surface area contributed by atoms with Crippen LogP contribution in [0, 0.1) is 6.92 Å². The number of amides is 1. The Kier molecular flexibility index (Phi) is 5.52. The summed E-state index contributed by atoms with van der Waals surface area (Å²) in [6.45, 7) is 1.75. The highest BCUT2D eigenvalue weighted by Gasteiger charge is 2.48. The number of ether oxygens (including phenoxy) is 1. The number of halogens is 2. The summed E-state index contributed by atoms with van der Waals surface area (Å²) < 4.78 is 11.1. The van der Waals surface area contributed by atoms with E-state index in [4.69, 9.17) is 32.4 Å². The van der Waals surface area contributed by atoms with Crippen LogP contribution in [0.15, 0.2) is 64.6 Å². The fourth-order valence-electron chi connectivity index (χ4n) is 3.60. The molecule has 0 spiro atoms. The van der Waals surface area contributed by atoms with Crippen molar-refractivity contribution in [2.45, 2.75) is 13.0 Å². The molecule has 1 N–H and O–H groups in total. The molecule has 1 aliphatic rings. The Morgan fingerprint density at radius 1 is 1.06 bits per heavy atom. The van der Waals surface area contributed by atoms with Gasteiger partial charge in [0.2, 0.25) is 0 Å². The summed E-state index contributed by atoms with van der Waals surface area (Å²) in [6, 6.07) is 13.5. The number of carbonyl (C=O) groups excluding carboxylic acids is 2. The Balaban J connectivity index is 1.98. The maximum Gasteiger partial charge on any atom is 0.300 e. The van der Waals surface area contributed by atoms with Gasteiger partial charge in [0, 0.05) is 15.7 Å². The molecule has 1 fully saturated rings. The van der Waals surface area contributed by atoms with Crippen molar-refractivity contribution in [3.8, 4) is 5.75 Å². The first-order chi connectivity index (χ1) is 14.8. The second kappa shape index (κ2) is 8.13. The Bertz CT molecular complexity index is 1230. The standard InChI is InChI=1S/C23H17Cl2NO5/c1-12-6-8-18(31-12)20-19(21(27)16-11-14(25)7-9-17(16)30-2)22(28)23(29)26(20)15-5-3-4-13(24)10-15/h3-11,20,27H,1-2H3/b21-19-. The van der Waals surface area contributed by atoms with Crippen LogP contribution in [0.5, 0.6) is 5.75 Å². The molecular formula is C23H17Cl2NO5. The second-order valence-corrected chi connectivity index (χ2v) is 7.81. The van der Waals surface area contributed by atoms with Crippen molar-refractivity contribution in [1.29, 1.82) is 0 Å². The minimum absolute atomic E-state index is 0.139. The summed E-state index contributed by atoms with van der Waals surface area (Å²) in [7, 11) is 1.43. The number of aryl methyl sites for hydroxylation is 1. The molecule has 8 heteroatoms. The molecule has 2 heterocycles. The highest BCUT2D eigenvalue weighted by Crippen LogP contribution is 2.44. The number of rotatable bonds is 4. The van der Waals surface area contributed by atoms with Crippen molar-refractivity contribution in [3.63, 3.8) is 0 Å². The zero-order valence-corrected chi connectivity index (χ0v) is 18.1. The maximum absolute atomic E-state index is 13.1. The molecule has 0 radical (unpaired) electrons. The van der Waals surface area contributed by atoms with Gasteiger partial charge in [-0.2, -0.15) is 0 Å². The van der Waals surface area contributed by atoms with Crippen LogP contribution in [0.2, 0.25) is 10.0 Å². The van der Waals surface area contributed by atoms with Crippen molar-refractivity contribution in [3.05, 3.63) is 87.3 Å². The number of hydrogen-bond acceptors (Lipinski definition) is 5. The average Bonchev–Trinajstić information content (AvgIpc) is 3.28. The van der Waals surface area contributed by atoms with Gasteiger partial charge in [0.25, 0.3) is 11.7 Å². The number of Topliss-reactive ketones (excluding diaryl/α,β-unsaturated/α-hetero) is 1. The lowest BCUT2D eigenvalue weighted by Gasteiger charge is -2.23. The van der Waals surface area contributed by atoms with E-state index in [0.29, 0.717) is 33.0 Å². The minimum Gasteiger partial charge on any atom is -0.507 e. The van der Waals surface area contributed by atoms with Crippen molar-refractivity contribution in [2.75, 3.05) is 12.0 Å². The van der Waals surface area contributed by atoms with Crippen molar-refractivity contribution in [2.24, 2.45) is 0 Å². The van der Waals surface area contributed by atoms with Crippen LogP contribution in [-0.2, 0) is 9.59 Å². The van der Waals surface area contributed by atoms with Gasteiger partial charge >= 0.3 is 0 Å². The largest absolute Gasteiger partial charge is 0.507 e. The number of aliphatic hydroxyl groups excluding tert-OH is 1. The van der Waals surface area contributed by atoms with E-state index in [2.05, 4.69) is 0 Å². The van der Waals surface area contributed by atoms with E-state index in [-0.39, 0.29) is 11.1 Å². The zero-order chi connectivity index (χ0) is 22.3. The molecule has 4 rings (SSSR count). The molecule has 1 amide bonds. The lowest BCUT2D eigenvalue weighted by molar-refractivity contribution is -0.132. The highest BCUT2D eigenvalue weighted by atomic mass is 35.5.